The number of rotatable bonds is 4. The summed E-state index contributed by atoms with van der Waals surface area (Å²) in [5, 5.41) is 3.38. The highest BCUT2D eigenvalue weighted by atomic mass is 16.2. The highest BCUT2D eigenvalue weighted by Gasteiger charge is 2.43. The van der Waals surface area contributed by atoms with Crippen molar-refractivity contribution in [3.05, 3.63) is 0 Å². The van der Waals surface area contributed by atoms with Gasteiger partial charge in [-0.2, -0.15) is 0 Å². The molecule has 1 amide bonds. The molecule has 0 spiro atoms. The molecule has 5 fully saturated rings. The van der Waals surface area contributed by atoms with Crippen molar-refractivity contribution in [1.29, 1.82) is 0 Å². The summed E-state index contributed by atoms with van der Waals surface area (Å²) in [6.45, 7) is 2.69. The van der Waals surface area contributed by atoms with Crippen LogP contribution >= 0.6 is 0 Å². The second kappa shape index (κ2) is 4.76. The molecule has 2 aliphatic heterocycles. The number of fused-ring (bicyclic) bond motifs is 1. The zero-order valence-corrected chi connectivity index (χ0v) is 11.8. The third-order valence-electron chi connectivity index (χ3n) is 5.83. The zero-order valence-electron chi connectivity index (χ0n) is 11.8. The molecule has 106 valence electrons. The minimum Gasteiger partial charge on any atom is -0.338 e. The number of hydrogen-bond acceptors (Lipinski definition) is 2. The van der Waals surface area contributed by atoms with E-state index in [2.05, 4.69) is 10.2 Å². The van der Waals surface area contributed by atoms with Crippen LogP contribution in [0.2, 0.25) is 0 Å². The fourth-order valence-corrected chi connectivity index (χ4v) is 4.90. The fourth-order valence-electron chi connectivity index (χ4n) is 4.90. The molecule has 1 N–H and O–H groups in total. The molecule has 4 bridgehead atoms. The largest absolute Gasteiger partial charge is 0.338 e. The molecule has 2 unspecified atom stereocenters. The van der Waals surface area contributed by atoms with Crippen LogP contribution in [-0.2, 0) is 4.79 Å². The van der Waals surface area contributed by atoms with E-state index in [1.165, 1.54) is 44.9 Å². The number of carbonyl (C=O) groups excluding carboxylic acids is 1. The predicted molar refractivity (Wildman–Crippen MR) is 74.6 cm³/mol. The molecular weight excluding hydrogens is 236 g/mol. The highest BCUT2D eigenvalue weighted by molar-refractivity contribution is 5.78. The topological polar surface area (TPSA) is 32.3 Å². The summed E-state index contributed by atoms with van der Waals surface area (Å²) >= 11 is 0. The maximum atomic E-state index is 12.5. The van der Waals surface area contributed by atoms with E-state index >= 15 is 0 Å². The molecule has 3 aliphatic carbocycles. The van der Waals surface area contributed by atoms with Gasteiger partial charge in [0.1, 0.15) is 0 Å². The number of nitrogens with one attached hydrogen (secondary N) is 1. The van der Waals surface area contributed by atoms with Crippen molar-refractivity contribution in [1.82, 2.24) is 10.2 Å². The van der Waals surface area contributed by atoms with Gasteiger partial charge in [-0.15, -0.1) is 0 Å². The molecule has 0 aromatic heterocycles. The number of carbonyl (C=O) groups is 1. The first-order valence-corrected chi connectivity index (χ1v) is 8.28. The van der Waals surface area contributed by atoms with Crippen molar-refractivity contribution in [2.45, 2.75) is 51.0 Å². The molecule has 0 aromatic carbocycles. The van der Waals surface area contributed by atoms with E-state index in [4.69, 9.17) is 0 Å². The standard InChI is InChI=1S/C16H26N2O/c19-16(9-17-8-11-1-2-11)18-10-14-4-12-3-13(5-14)7-15(18)6-12/h11-15,17H,1-10H2. The quantitative estimate of drug-likeness (QED) is 0.840. The van der Waals surface area contributed by atoms with Crippen molar-refractivity contribution in [2.24, 2.45) is 23.7 Å². The molecule has 5 rings (SSSR count). The van der Waals surface area contributed by atoms with E-state index in [-0.39, 0.29) is 0 Å². The summed E-state index contributed by atoms with van der Waals surface area (Å²) in [6.07, 6.45) is 9.55. The Morgan fingerprint density at radius 1 is 1.00 bits per heavy atom. The van der Waals surface area contributed by atoms with Gasteiger partial charge in [0, 0.05) is 12.6 Å². The molecular formula is C16H26N2O. The van der Waals surface area contributed by atoms with Crippen LogP contribution in [0.25, 0.3) is 0 Å². The van der Waals surface area contributed by atoms with Crippen LogP contribution in [0.3, 0.4) is 0 Å². The Bertz CT molecular complexity index is 352. The van der Waals surface area contributed by atoms with Crippen LogP contribution in [-0.4, -0.2) is 36.5 Å². The first-order valence-electron chi connectivity index (χ1n) is 8.28. The third-order valence-corrected chi connectivity index (χ3v) is 5.83. The van der Waals surface area contributed by atoms with Gasteiger partial charge in [0.05, 0.1) is 6.54 Å². The van der Waals surface area contributed by atoms with E-state index in [0.717, 1.165) is 36.8 Å². The van der Waals surface area contributed by atoms with Gasteiger partial charge in [-0.3, -0.25) is 4.79 Å². The predicted octanol–water partition coefficient (Wildman–Crippen LogP) is 2.02. The maximum Gasteiger partial charge on any atom is 0.236 e. The number of amides is 1. The maximum absolute atomic E-state index is 12.5. The van der Waals surface area contributed by atoms with Gasteiger partial charge in [0.15, 0.2) is 0 Å². The molecule has 0 radical (unpaired) electrons. The smallest absolute Gasteiger partial charge is 0.236 e. The molecule has 2 atom stereocenters. The lowest BCUT2D eigenvalue weighted by Crippen LogP contribution is -2.46. The summed E-state index contributed by atoms with van der Waals surface area (Å²) in [7, 11) is 0. The van der Waals surface area contributed by atoms with Gasteiger partial charge in [-0.1, -0.05) is 0 Å². The summed E-state index contributed by atoms with van der Waals surface area (Å²) < 4.78 is 0. The van der Waals surface area contributed by atoms with Gasteiger partial charge >= 0.3 is 0 Å². The monoisotopic (exact) mass is 262 g/mol. The normalized spacial score (nSPS) is 40.5. The zero-order chi connectivity index (χ0) is 12.8. The van der Waals surface area contributed by atoms with E-state index in [0.29, 0.717) is 18.5 Å². The van der Waals surface area contributed by atoms with Crippen LogP contribution < -0.4 is 5.32 Å². The molecule has 3 nitrogen and oxygen atoms in total. The van der Waals surface area contributed by atoms with E-state index < -0.39 is 0 Å². The molecule has 3 saturated carbocycles. The molecule has 19 heavy (non-hydrogen) atoms. The Balaban J connectivity index is 1.38. The van der Waals surface area contributed by atoms with Crippen molar-refractivity contribution < 1.29 is 4.79 Å². The van der Waals surface area contributed by atoms with Crippen LogP contribution in [0.5, 0.6) is 0 Å². The van der Waals surface area contributed by atoms with Gasteiger partial charge < -0.3 is 10.2 Å². The van der Waals surface area contributed by atoms with E-state index in [9.17, 15) is 4.79 Å². The summed E-state index contributed by atoms with van der Waals surface area (Å²) in [5.74, 6) is 3.91. The first kappa shape index (κ1) is 12.2. The van der Waals surface area contributed by atoms with Gasteiger partial charge in [0.25, 0.3) is 0 Å². The van der Waals surface area contributed by atoms with Crippen molar-refractivity contribution in [3.8, 4) is 0 Å². The Kier molecular flexibility index (Phi) is 3.06. The second-order valence-corrected chi connectivity index (χ2v) is 7.55. The molecule has 5 aliphatic rings. The third kappa shape index (κ3) is 2.54. The van der Waals surface area contributed by atoms with Crippen molar-refractivity contribution in [3.63, 3.8) is 0 Å². The Morgan fingerprint density at radius 3 is 2.37 bits per heavy atom. The minimum absolute atomic E-state index is 0.374. The Hall–Kier alpha value is -0.570. The van der Waals surface area contributed by atoms with Crippen LogP contribution in [0.4, 0.5) is 0 Å². The molecule has 0 aromatic rings. The SMILES string of the molecule is O=C(CNCC1CC1)N1CC2CC3CC(C2)CC1C3. The minimum atomic E-state index is 0.374. The Morgan fingerprint density at radius 2 is 1.68 bits per heavy atom. The van der Waals surface area contributed by atoms with E-state index in [1.807, 2.05) is 0 Å². The molecule has 2 saturated heterocycles. The van der Waals surface area contributed by atoms with E-state index in [1.54, 1.807) is 0 Å². The number of nitrogens with zero attached hydrogens (tertiary/aromatic N) is 1. The van der Waals surface area contributed by atoms with Crippen LogP contribution in [0, 0.1) is 23.7 Å². The highest BCUT2D eigenvalue weighted by Crippen LogP contribution is 2.47. The fraction of sp³-hybridized carbons (Fsp3) is 0.938. The van der Waals surface area contributed by atoms with Crippen molar-refractivity contribution >= 4 is 5.91 Å². The summed E-state index contributed by atoms with van der Waals surface area (Å²) in [5.41, 5.74) is 0. The summed E-state index contributed by atoms with van der Waals surface area (Å²) in [6, 6.07) is 0.575. The van der Waals surface area contributed by atoms with Gasteiger partial charge in [0.2, 0.25) is 5.91 Å². The Labute approximate surface area is 116 Å². The van der Waals surface area contributed by atoms with Gasteiger partial charge in [-0.05, 0) is 75.2 Å². The molecule has 2 heterocycles. The average molecular weight is 262 g/mol. The first-order chi connectivity index (χ1) is 9.28. The second-order valence-electron chi connectivity index (χ2n) is 7.55. The lowest BCUT2D eigenvalue weighted by Gasteiger charge is -2.39. The lowest BCUT2D eigenvalue weighted by atomic mass is 9.68. The lowest BCUT2D eigenvalue weighted by molar-refractivity contribution is -0.133. The van der Waals surface area contributed by atoms with Crippen LogP contribution in [0.15, 0.2) is 0 Å². The number of hydrogen-bond donors (Lipinski definition) is 1. The van der Waals surface area contributed by atoms with Crippen LogP contribution in [0.1, 0.15) is 44.9 Å². The van der Waals surface area contributed by atoms with Gasteiger partial charge in [-0.25, -0.2) is 0 Å². The summed E-state index contributed by atoms with van der Waals surface area (Å²) in [4.78, 5) is 14.7. The molecule has 3 heteroatoms. The average Bonchev–Trinajstić information content (AvgIpc) is 3.19. The van der Waals surface area contributed by atoms with Crippen molar-refractivity contribution in [2.75, 3.05) is 19.6 Å².